The minimum Gasteiger partial charge on any atom is -0.313 e. The number of hydrogen-bond donors (Lipinski definition) is 3. The van der Waals surface area contributed by atoms with Gasteiger partial charge in [-0.15, -0.1) is 0 Å². The molecule has 1 rings (SSSR count). The number of aromatic amines is 1. The Bertz CT molecular complexity index is 473. The van der Waals surface area contributed by atoms with E-state index in [-0.39, 0.29) is 11.1 Å². The van der Waals surface area contributed by atoms with Crippen LogP contribution in [0, 0.1) is 0 Å². The van der Waals surface area contributed by atoms with Gasteiger partial charge in [0, 0.05) is 23.9 Å². The molecule has 0 aliphatic heterocycles. The van der Waals surface area contributed by atoms with E-state index in [1.54, 1.807) is 18.0 Å². The Morgan fingerprint density at radius 3 is 2.84 bits per heavy atom. The minimum atomic E-state index is -3.53. The second-order valence-electron chi connectivity index (χ2n) is 4.19. The first-order valence-electron chi connectivity index (χ1n) is 6.34. The Labute approximate surface area is 119 Å². The predicted octanol–water partition coefficient (Wildman–Crippen LogP) is 0.939. The number of rotatable bonds is 9. The Morgan fingerprint density at radius 1 is 1.47 bits per heavy atom. The van der Waals surface area contributed by atoms with Crippen LogP contribution in [0.3, 0.4) is 0 Å². The molecule has 6 nitrogen and oxygen atoms in total. The molecule has 0 bridgehead atoms. The van der Waals surface area contributed by atoms with Crippen LogP contribution in [-0.2, 0) is 16.6 Å². The van der Waals surface area contributed by atoms with Crippen LogP contribution in [0.25, 0.3) is 0 Å². The summed E-state index contributed by atoms with van der Waals surface area (Å²) in [5, 5.41) is 9.64. The molecule has 0 spiro atoms. The molecule has 3 N–H and O–H groups in total. The largest absolute Gasteiger partial charge is 0.313 e. The highest BCUT2D eigenvalue weighted by atomic mass is 32.2. The third-order valence-corrected chi connectivity index (χ3v) is 5.19. The summed E-state index contributed by atoms with van der Waals surface area (Å²) in [7, 11) is -3.53. The molecule has 0 saturated carbocycles. The lowest BCUT2D eigenvalue weighted by molar-refractivity contribution is 0.564. The third kappa shape index (κ3) is 5.13. The van der Waals surface area contributed by atoms with E-state index in [2.05, 4.69) is 27.2 Å². The van der Waals surface area contributed by atoms with E-state index in [1.165, 1.54) is 0 Å². The summed E-state index contributed by atoms with van der Waals surface area (Å²) >= 11 is 1.71. The zero-order valence-electron chi connectivity index (χ0n) is 11.6. The van der Waals surface area contributed by atoms with Gasteiger partial charge in [-0.05, 0) is 19.2 Å². The normalized spacial score (nSPS) is 13.6. The van der Waals surface area contributed by atoms with Crippen molar-refractivity contribution in [3.63, 3.8) is 0 Å². The molecule has 0 aliphatic rings. The van der Waals surface area contributed by atoms with Gasteiger partial charge in [-0.25, -0.2) is 13.1 Å². The number of thioether (sulfide) groups is 1. The predicted molar refractivity (Wildman–Crippen MR) is 78.8 cm³/mol. The lowest BCUT2D eigenvalue weighted by Gasteiger charge is -2.13. The fourth-order valence-electron chi connectivity index (χ4n) is 1.57. The number of sulfonamides is 1. The van der Waals surface area contributed by atoms with E-state index in [0.29, 0.717) is 12.1 Å². The van der Waals surface area contributed by atoms with E-state index < -0.39 is 10.0 Å². The second kappa shape index (κ2) is 7.88. The zero-order valence-corrected chi connectivity index (χ0v) is 13.2. The van der Waals surface area contributed by atoms with E-state index in [1.807, 2.05) is 13.8 Å². The summed E-state index contributed by atoms with van der Waals surface area (Å²) < 4.78 is 27.1. The quantitative estimate of drug-likeness (QED) is 0.632. The monoisotopic (exact) mass is 306 g/mol. The highest BCUT2D eigenvalue weighted by Gasteiger charge is 2.22. The van der Waals surface area contributed by atoms with Gasteiger partial charge >= 0.3 is 0 Å². The Kier molecular flexibility index (Phi) is 6.84. The molecule has 1 atom stereocenters. The van der Waals surface area contributed by atoms with Crippen molar-refractivity contribution in [2.24, 2.45) is 0 Å². The van der Waals surface area contributed by atoms with Crippen LogP contribution in [0.5, 0.6) is 0 Å². The lowest BCUT2D eigenvalue weighted by atomic mass is 10.3. The topological polar surface area (TPSA) is 86.9 Å². The number of hydrogen-bond acceptors (Lipinski definition) is 5. The average molecular weight is 306 g/mol. The van der Waals surface area contributed by atoms with Crippen molar-refractivity contribution in [3.8, 4) is 0 Å². The highest BCUT2D eigenvalue weighted by Crippen LogP contribution is 2.13. The molecule has 0 radical (unpaired) electrons. The molecule has 0 aliphatic carbocycles. The van der Waals surface area contributed by atoms with Crippen molar-refractivity contribution in [1.82, 2.24) is 20.2 Å². The maximum atomic E-state index is 12.2. The Hall–Kier alpha value is -0.570. The summed E-state index contributed by atoms with van der Waals surface area (Å²) in [5.41, 5.74) is 0.657. The maximum Gasteiger partial charge on any atom is 0.258 e. The second-order valence-corrected chi connectivity index (χ2v) is 7.16. The van der Waals surface area contributed by atoms with Crippen molar-refractivity contribution < 1.29 is 8.42 Å². The number of aromatic nitrogens is 2. The summed E-state index contributed by atoms with van der Waals surface area (Å²) in [5.74, 6) is 1.73. The summed E-state index contributed by atoms with van der Waals surface area (Å²) in [6.45, 7) is 7.15. The van der Waals surface area contributed by atoms with Crippen molar-refractivity contribution >= 4 is 21.8 Å². The van der Waals surface area contributed by atoms with Crippen LogP contribution in [-0.4, -0.2) is 42.7 Å². The van der Waals surface area contributed by atoms with E-state index >= 15 is 0 Å². The fraction of sp³-hybridized carbons (Fsp3) is 0.727. The van der Waals surface area contributed by atoms with Crippen LogP contribution in [0.15, 0.2) is 11.2 Å². The maximum absolute atomic E-state index is 12.2. The molecule has 8 heteroatoms. The molecule has 19 heavy (non-hydrogen) atoms. The summed E-state index contributed by atoms with van der Waals surface area (Å²) in [6, 6.07) is -0.106. The van der Waals surface area contributed by atoms with Crippen molar-refractivity contribution in [3.05, 3.63) is 11.8 Å². The zero-order chi connectivity index (χ0) is 14.3. The Morgan fingerprint density at radius 2 is 2.21 bits per heavy atom. The first-order chi connectivity index (χ1) is 9.01. The highest BCUT2D eigenvalue weighted by molar-refractivity contribution is 7.99. The number of nitrogens with zero attached hydrogens (tertiary/aromatic N) is 1. The first kappa shape index (κ1) is 16.5. The van der Waals surface area contributed by atoms with Crippen LogP contribution < -0.4 is 10.0 Å². The van der Waals surface area contributed by atoms with Crippen LogP contribution in [0.1, 0.15) is 26.3 Å². The smallest absolute Gasteiger partial charge is 0.258 e. The molecule has 1 heterocycles. The van der Waals surface area contributed by atoms with Gasteiger partial charge in [-0.3, -0.25) is 5.10 Å². The van der Waals surface area contributed by atoms with Crippen LogP contribution in [0.2, 0.25) is 0 Å². The minimum absolute atomic E-state index is 0.106. The molecule has 0 fully saturated rings. The van der Waals surface area contributed by atoms with Crippen LogP contribution >= 0.6 is 11.8 Å². The molecule has 0 aromatic carbocycles. The molecule has 0 saturated heterocycles. The summed E-state index contributed by atoms with van der Waals surface area (Å²) in [6.07, 6.45) is 1.54. The molecule has 1 aromatic rings. The molecule has 0 amide bonds. The van der Waals surface area contributed by atoms with Gasteiger partial charge in [0.1, 0.15) is 0 Å². The lowest BCUT2D eigenvalue weighted by Crippen LogP contribution is -2.35. The fourth-order valence-corrected chi connectivity index (χ4v) is 3.72. The van der Waals surface area contributed by atoms with Gasteiger partial charge in [0.25, 0.3) is 10.0 Å². The van der Waals surface area contributed by atoms with Gasteiger partial charge in [0.15, 0.2) is 5.03 Å². The molecule has 1 unspecified atom stereocenters. The SMILES string of the molecule is CCNCc1cn[nH]c1S(=O)(=O)NC(C)CSCC. The van der Waals surface area contributed by atoms with Gasteiger partial charge in [-0.1, -0.05) is 13.8 Å². The molecular weight excluding hydrogens is 284 g/mol. The van der Waals surface area contributed by atoms with E-state index in [4.69, 9.17) is 0 Å². The van der Waals surface area contributed by atoms with Crippen molar-refractivity contribution in [1.29, 1.82) is 0 Å². The standard InChI is InChI=1S/C11H22N4O2S2/c1-4-12-6-10-7-13-14-11(10)19(16,17)15-9(3)8-18-5-2/h7,9,12,15H,4-6,8H2,1-3H3,(H,13,14). The number of nitrogens with one attached hydrogen (secondary N) is 3. The van der Waals surface area contributed by atoms with E-state index in [0.717, 1.165) is 18.1 Å². The van der Waals surface area contributed by atoms with Gasteiger partial charge in [0.2, 0.25) is 0 Å². The molecule has 110 valence electrons. The third-order valence-electron chi connectivity index (χ3n) is 2.44. The van der Waals surface area contributed by atoms with E-state index in [9.17, 15) is 8.42 Å². The van der Waals surface area contributed by atoms with Gasteiger partial charge < -0.3 is 5.32 Å². The van der Waals surface area contributed by atoms with Crippen molar-refractivity contribution in [2.45, 2.75) is 38.4 Å². The molecule has 1 aromatic heterocycles. The van der Waals surface area contributed by atoms with Gasteiger partial charge in [-0.2, -0.15) is 16.9 Å². The summed E-state index contributed by atoms with van der Waals surface area (Å²) in [4.78, 5) is 0. The van der Waals surface area contributed by atoms with Crippen molar-refractivity contribution in [2.75, 3.05) is 18.1 Å². The number of H-pyrrole nitrogens is 1. The Balaban J connectivity index is 2.74. The first-order valence-corrected chi connectivity index (χ1v) is 8.98. The molecular formula is C11H22N4O2S2. The van der Waals surface area contributed by atoms with Gasteiger partial charge in [0.05, 0.1) is 6.20 Å². The van der Waals surface area contributed by atoms with Crippen LogP contribution in [0.4, 0.5) is 0 Å². The average Bonchev–Trinajstić information content (AvgIpc) is 2.82.